The van der Waals surface area contributed by atoms with Crippen LogP contribution in [0.5, 0.6) is 5.75 Å². The van der Waals surface area contributed by atoms with Crippen molar-refractivity contribution in [1.29, 1.82) is 0 Å². The molecule has 0 unspecified atom stereocenters. The van der Waals surface area contributed by atoms with Crippen LogP contribution in [0.15, 0.2) is 53.9 Å². The van der Waals surface area contributed by atoms with Crippen LogP contribution in [0.25, 0.3) is 0 Å². The molecule has 1 aliphatic rings. The molecule has 0 aliphatic carbocycles. The van der Waals surface area contributed by atoms with Crippen LogP contribution < -0.4 is 10.1 Å². The number of carbonyl (C=O) groups excluding carboxylic acids is 3. The number of aromatic nitrogens is 1. The summed E-state index contributed by atoms with van der Waals surface area (Å²) in [6.07, 6.45) is 1.61. The van der Waals surface area contributed by atoms with Crippen molar-refractivity contribution in [3.8, 4) is 5.75 Å². The molecule has 2 aromatic carbocycles. The molecule has 176 valence electrons. The van der Waals surface area contributed by atoms with Crippen LogP contribution in [0.2, 0.25) is 0 Å². The Balaban J connectivity index is 1.25. The first-order chi connectivity index (χ1) is 16.5. The number of methoxy groups -OCH3 is 1. The molecule has 4 rings (SSSR count). The third-order valence-electron chi connectivity index (χ3n) is 5.38. The third kappa shape index (κ3) is 5.99. The van der Waals surface area contributed by atoms with Crippen LogP contribution in [0.3, 0.4) is 0 Å². The number of ether oxygens (including phenoxy) is 2. The van der Waals surface area contributed by atoms with Gasteiger partial charge < -0.3 is 19.7 Å². The first-order valence-corrected chi connectivity index (χ1v) is 11.8. The van der Waals surface area contributed by atoms with Crippen LogP contribution >= 0.6 is 11.3 Å². The van der Waals surface area contributed by atoms with Crippen molar-refractivity contribution in [2.75, 3.05) is 19.0 Å². The highest BCUT2D eigenvalue weighted by Gasteiger charge is 2.20. The van der Waals surface area contributed by atoms with Gasteiger partial charge in [-0.1, -0.05) is 24.3 Å². The number of thiazole rings is 1. The molecule has 1 N–H and O–H groups in total. The lowest BCUT2D eigenvalue weighted by atomic mass is 10.1. The van der Waals surface area contributed by atoms with Crippen LogP contribution in [0, 0.1) is 0 Å². The fourth-order valence-electron chi connectivity index (χ4n) is 3.64. The summed E-state index contributed by atoms with van der Waals surface area (Å²) in [4.78, 5) is 42.7. The van der Waals surface area contributed by atoms with E-state index in [1.807, 2.05) is 29.2 Å². The molecule has 8 nitrogen and oxygen atoms in total. The molecule has 2 heterocycles. The highest BCUT2D eigenvalue weighted by Crippen LogP contribution is 2.23. The number of likely N-dealkylation sites (tertiary alicyclic amines) is 1. The van der Waals surface area contributed by atoms with E-state index < -0.39 is 5.97 Å². The average molecular weight is 480 g/mol. The number of rotatable bonds is 9. The number of hydrogen-bond donors (Lipinski definition) is 1. The second-order valence-electron chi connectivity index (χ2n) is 7.85. The summed E-state index contributed by atoms with van der Waals surface area (Å²) in [5.41, 5.74) is 2.59. The Bertz CT molecular complexity index is 1180. The Morgan fingerprint density at radius 3 is 2.68 bits per heavy atom. The van der Waals surface area contributed by atoms with Gasteiger partial charge in [0.15, 0.2) is 0 Å². The summed E-state index contributed by atoms with van der Waals surface area (Å²) in [7, 11) is 1.55. The number of benzene rings is 2. The van der Waals surface area contributed by atoms with Gasteiger partial charge in [-0.15, -0.1) is 11.3 Å². The zero-order valence-electron chi connectivity index (χ0n) is 18.8. The summed E-state index contributed by atoms with van der Waals surface area (Å²) in [5.74, 6) is 0.0916. The lowest BCUT2D eigenvalue weighted by molar-refractivity contribution is -0.128. The van der Waals surface area contributed by atoms with E-state index in [-0.39, 0.29) is 24.8 Å². The summed E-state index contributed by atoms with van der Waals surface area (Å²) in [6, 6.07) is 14.3. The zero-order chi connectivity index (χ0) is 23.9. The molecule has 1 saturated heterocycles. The minimum absolute atomic E-state index is 0.0213. The first-order valence-electron chi connectivity index (χ1n) is 10.9. The second kappa shape index (κ2) is 10.9. The van der Waals surface area contributed by atoms with Gasteiger partial charge in [-0.2, -0.15) is 0 Å². The summed E-state index contributed by atoms with van der Waals surface area (Å²) in [6.45, 7) is 1.36. The van der Waals surface area contributed by atoms with Crippen LogP contribution in [0.1, 0.15) is 39.5 Å². The van der Waals surface area contributed by atoms with Crippen molar-refractivity contribution in [3.05, 3.63) is 75.7 Å². The maximum absolute atomic E-state index is 12.4. The first kappa shape index (κ1) is 23.4. The van der Waals surface area contributed by atoms with Gasteiger partial charge in [-0.05, 0) is 36.2 Å². The predicted octanol–water partition coefficient (Wildman–Crippen LogP) is 3.81. The van der Waals surface area contributed by atoms with Crippen molar-refractivity contribution in [2.45, 2.75) is 32.4 Å². The van der Waals surface area contributed by atoms with Crippen molar-refractivity contribution in [3.63, 3.8) is 0 Å². The molecule has 1 fully saturated rings. The van der Waals surface area contributed by atoms with Gasteiger partial charge >= 0.3 is 5.97 Å². The monoisotopic (exact) mass is 479 g/mol. The van der Waals surface area contributed by atoms with E-state index in [2.05, 4.69) is 10.3 Å². The summed E-state index contributed by atoms with van der Waals surface area (Å²) >= 11 is 1.34. The normalized spacial score (nSPS) is 13.1. The van der Waals surface area contributed by atoms with Gasteiger partial charge in [0.1, 0.15) is 17.4 Å². The van der Waals surface area contributed by atoms with Crippen LogP contribution in [0.4, 0.5) is 5.69 Å². The summed E-state index contributed by atoms with van der Waals surface area (Å²) in [5, 5.41) is 5.21. The quantitative estimate of drug-likeness (QED) is 0.469. The molecule has 9 heteroatoms. The van der Waals surface area contributed by atoms with E-state index in [4.69, 9.17) is 9.47 Å². The standard InChI is InChI=1S/C25H25N3O5S/c1-32-21-6-3-2-5-20(21)27-22(29)13-23-26-19(16-34-23)15-33-25(31)18-10-8-17(9-11-18)14-28-12-4-7-24(28)30/h2-3,5-6,8-11,16H,4,7,12-15H2,1H3,(H,27,29). The maximum Gasteiger partial charge on any atom is 0.338 e. The van der Waals surface area contributed by atoms with Crippen molar-refractivity contribution < 1.29 is 23.9 Å². The highest BCUT2D eigenvalue weighted by atomic mass is 32.1. The SMILES string of the molecule is COc1ccccc1NC(=O)Cc1nc(COC(=O)c2ccc(CN3CCCC3=O)cc2)cs1. The molecule has 0 saturated carbocycles. The fourth-order valence-corrected chi connectivity index (χ4v) is 4.41. The number of para-hydroxylation sites is 2. The van der Waals surface area contributed by atoms with Gasteiger partial charge in [-0.25, -0.2) is 9.78 Å². The molecule has 0 radical (unpaired) electrons. The Hall–Kier alpha value is -3.72. The van der Waals surface area contributed by atoms with E-state index >= 15 is 0 Å². The number of nitrogens with one attached hydrogen (secondary N) is 1. The molecule has 0 atom stereocenters. The molecule has 2 amide bonds. The number of carbonyl (C=O) groups is 3. The Labute approximate surface area is 201 Å². The van der Waals surface area contributed by atoms with E-state index in [0.29, 0.717) is 40.7 Å². The molecule has 0 spiro atoms. The van der Waals surface area contributed by atoms with Crippen molar-refractivity contribution in [1.82, 2.24) is 9.88 Å². The molecule has 3 aromatic rings. The van der Waals surface area contributed by atoms with Crippen molar-refractivity contribution in [2.24, 2.45) is 0 Å². The lowest BCUT2D eigenvalue weighted by Gasteiger charge is -2.15. The van der Waals surface area contributed by atoms with E-state index in [1.165, 1.54) is 11.3 Å². The Kier molecular flexibility index (Phi) is 7.54. The van der Waals surface area contributed by atoms with Gasteiger partial charge in [0.2, 0.25) is 11.8 Å². The lowest BCUT2D eigenvalue weighted by Crippen LogP contribution is -2.23. The van der Waals surface area contributed by atoms with Gasteiger partial charge in [0, 0.05) is 24.9 Å². The zero-order valence-corrected chi connectivity index (χ0v) is 19.6. The average Bonchev–Trinajstić information content (AvgIpc) is 3.46. The summed E-state index contributed by atoms with van der Waals surface area (Å²) < 4.78 is 10.6. The van der Waals surface area contributed by atoms with E-state index in [1.54, 1.807) is 36.8 Å². The second-order valence-corrected chi connectivity index (χ2v) is 8.79. The minimum Gasteiger partial charge on any atom is -0.495 e. The maximum atomic E-state index is 12.4. The molecule has 1 aromatic heterocycles. The largest absolute Gasteiger partial charge is 0.495 e. The smallest absolute Gasteiger partial charge is 0.338 e. The Morgan fingerprint density at radius 2 is 1.94 bits per heavy atom. The number of amides is 2. The van der Waals surface area contributed by atoms with Crippen LogP contribution in [-0.4, -0.2) is 41.3 Å². The van der Waals surface area contributed by atoms with Gasteiger partial charge in [-0.3, -0.25) is 9.59 Å². The van der Waals surface area contributed by atoms with Crippen LogP contribution in [-0.2, 0) is 33.9 Å². The van der Waals surface area contributed by atoms with Crippen molar-refractivity contribution >= 4 is 34.8 Å². The third-order valence-corrected chi connectivity index (χ3v) is 6.28. The molecular weight excluding hydrogens is 454 g/mol. The topological polar surface area (TPSA) is 97.8 Å². The molecule has 1 aliphatic heterocycles. The predicted molar refractivity (Wildman–Crippen MR) is 128 cm³/mol. The van der Waals surface area contributed by atoms with Gasteiger partial charge in [0.25, 0.3) is 0 Å². The molecular formula is C25H25N3O5S. The number of nitrogens with zero attached hydrogens (tertiary/aromatic N) is 2. The van der Waals surface area contributed by atoms with E-state index in [9.17, 15) is 14.4 Å². The fraction of sp³-hybridized carbons (Fsp3) is 0.280. The molecule has 34 heavy (non-hydrogen) atoms. The number of hydrogen-bond acceptors (Lipinski definition) is 7. The van der Waals surface area contributed by atoms with Gasteiger partial charge in [0.05, 0.1) is 30.5 Å². The Morgan fingerprint density at radius 1 is 1.15 bits per heavy atom. The molecule has 0 bridgehead atoms. The number of anilines is 1. The number of esters is 1. The van der Waals surface area contributed by atoms with E-state index in [0.717, 1.165) is 18.5 Å². The minimum atomic E-state index is -0.452. The highest BCUT2D eigenvalue weighted by molar-refractivity contribution is 7.09.